The molecule has 0 saturated heterocycles. The van der Waals surface area contributed by atoms with E-state index in [-0.39, 0.29) is 18.4 Å². The third-order valence-electron chi connectivity index (χ3n) is 5.67. The second kappa shape index (κ2) is 7.24. The van der Waals surface area contributed by atoms with Crippen molar-refractivity contribution in [1.82, 2.24) is 35.5 Å². The van der Waals surface area contributed by atoms with Gasteiger partial charge in [-0.25, -0.2) is 9.97 Å². The number of aromatic amines is 3. The summed E-state index contributed by atoms with van der Waals surface area (Å²) in [6.07, 6.45) is 3.61. The van der Waals surface area contributed by atoms with Gasteiger partial charge in [-0.3, -0.25) is 20.0 Å². The Kier molecular flexibility index (Phi) is 4.22. The molecule has 32 heavy (non-hydrogen) atoms. The molecule has 0 fully saturated rings. The standard InChI is InChI=1S/C23H17N7OS/c31-19(10-18-27-23(32)30-29-18)28-21-13-5-2-1-4-12(13)20-14(21)6-3-7-15(20)22-25-16-8-9-24-11-17(16)26-22/h1-9,11,21H,10H2,(H,25,26)(H,28,31)(H2,27,29,30,32)/t21-/m1/s1. The summed E-state index contributed by atoms with van der Waals surface area (Å²) in [7, 11) is 0. The van der Waals surface area contributed by atoms with Crippen molar-refractivity contribution in [3.63, 3.8) is 0 Å². The van der Waals surface area contributed by atoms with E-state index in [1.54, 1.807) is 12.4 Å². The second-order valence-corrected chi connectivity index (χ2v) is 8.01. The van der Waals surface area contributed by atoms with E-state index in [1.165, 1.54) is 0 Å². The minimum Gasteiger partial charge on any atom is -0.345 e. The molecule has 1 aliphatic carbocycles. The minimum atomic E-state index is -0.262. The summed E-state index contributed by atoms with van der Waals surface area (Å²) >= 11 is 4.98. The number of fused-ring (bicyclic) bond motifs is 4. The molecule has 1 atom stereocenters. The smallest absolute Gasteiger partial charge is 0.228 e. The van der Waals surface area contributed by atoms with Crippen molar-refractivity contribution >= 4 is 29.2 Å². The highest BCUT2D eigenvalue weighted by molar-refractivity contribution is 7.71. The lowest BCUT2D eigenvalue weighted by Crippen LogP contribution is -2.29. The zero-order chi connectivity index (χ0) is 21.7. The van der Waals surface area contributed by atoms with Crippen molar-refractivity contribution in [1.29, 1.82) is 0 Å². The molecule has 5 aromatic rings. The fraction of sp³-hybridized carbons (Fsp3) is 0.0870. The molecule has 1 aliphatic rings. The maximum Gasteiger partial charge on any atom is 0.228 e. The number of nitrogens with zero attached hydrogens (tertiary/aromatic N) is 3. The summed E-state index contributed by atoms with van der Waals surface area (Å²) in [5, 5.41) is 8.71. The fourth-order valence-electron chi connectivity index (χ4n) is 4.34. The quantitative estimate of drug-likeness (QED) is 0.318. The fourth-order valence-corrected chi connectivity index (χ4v) is 4.51. The van der Waals surface area contributed by atoms with E-state index in [4.69, 9.17) is 17.2 Å². The number of carbonyl (C=O) groups excluding carboxylic acids is 1. The number of aromatic nitrogens is 6. The first kappa shape index (κ1) is 18.6. The van der Waals surface area contributed by atoms with Gasteiger partial charge in [0.15, 0.2) is 0 Å². The summed E-state index contributed by atoms with van der Waals surface area (Å²) in [6.45, 7) is 0. The Balaban J connectivity index is 1.43. The van der Waals surface area contributed by atoms with Gasteiger partial charge in [-0.15, -0.1) is 0 Å². The van der Waals surface area contributed by atoms with E-state index in [0.717, 1.165) is 44.7 Å². The molecule has 0 bridgehead atoms. The van der Waals surface area contributed by atoms with E-state index in [0.29, 0.717) is 10.6 Å². The number of imidazole rings is 1. The molecule has 156 valence electrons. The average Bonchev–Trinajstić information content (AvgIpc) is 3.50. The molecule has 0 saturated carbocycles. The molecular weight excluding hydrogens is 422 g/mol. The Bertz CT molecular complexity index is 1510. The van der Waals surface area contributed by atoms with Crippen LogP contribution in [0.5, 0.6) is 0 Å². The first-order chi connectivity index (χ1) is 15.7. The van der Waals surface area contributed by atoms with Crippen molar-refractivity contribution in [2.24, 2.45) is 0 Å². The van der Waals surface area contributed by atoms with Crippen LogP contribution in [0.15, 0.2) is 60.9 Å². The lowest BCUT2D eigenvalue weighted by molar-refractivity contribution is -0.121. The van der Waals surface area contributed by atoms with E-state index >= 15 is 0 Å². The Hall–Kier alpha value is -4.11. The third-order valence-corrected chi connectivity index (χ3v) is 5.86. The van der Waals surface area contributed by atoms with Gasteiger partial charge < -0.3 is 10.3 Å². The number of rotatable bonds is 4. The number of carbonyl (C=O) groups is 1. The van der Waals surface area contributed by atoms with E-state index < -0.39 is 0 Å². The monoisotopic (exact) mass is 439 g/mol. The van der Waals surface area contributed by atoms with Crippen molar-refractivity contribution in [2.45, 2.75) is 12.5 Å². The maximum absolute atomic E-state index is 12.8. The summed E-state index contributed by atoms with van der Waals surface area (Å²) in [6, 6.07) is 15.8. The number of benzene rings is 2. The number of H-pyrrole nitrogens is 3. The largest absolute Gasteiger partial charge is 0.345 e. The summed E-state index contributed by atoms with van der Waals surface area (Å²) < 4.78 is 0.329. The van der Waals surface area contributed by atoms with Crippen LogP contribution >= 0.6 is 12.2 Å². The van der Waals surface area contributed by atoms with Gasteiger partial charge in [0, 0.05) is 11.8 Å². The van der Waals surface area contributed by atoms with Crippen LogP contribution < -0.4 is 5.32 Å². The van der Waals surface area contributed by atoms with Crippen molar-refractivity contribution in [3.8, 4) is 22.5 Å². The number of pyridine rings is 1. The highest BCUT2D eigenvalue weighted by Gasteiger charge is 2.32. The second-order valence-electron chi connectivity index (χ2n) is 7.63. The Morgan fingerprint density at radius 2 is 1.84 bits per heavy atom. The van der Waals surface area contributed by atoms with E-state index in [2.05, 4.69) is 54.7 Å². The van der Waals surface area contributed by atoms with Gasteiger partial charge >= 0.3 is 0 Å². The molecule has 6 rings (SSSR count). The molecule has 3 aromatic heterocycles. The molecule has 2 aromatic carbocycles. The predicted octanol–water partition coefficient (Wildman–Crippen LogP) is 3.83. The predicted molar refractivity (Wildman–Crippen MR) is 122 cm³/mol. The summed E-state index contributed by atoms with van der Waals surface area (Å²) in [4.78, 5) is 29.3. The first-order valence-electron chi connectivity index (χ1n) is 10.1. The van der Waals surface area contributed by atoms with Gasteiger partial charge in [-0.1, -0.05) is 42.5 Å². The van der Waals surface area contributed by atoms with Gasteiger partial charge in [0.2, 0.25) is 10.7 Å². The summed E-state index contributed by atoms with van der Waals surface area (Å²) in [5.41, 5.74) is 6.97. The number of amides is 1. The van der Waals surface area contributed by atoms with Gasteiger partial charge in [-0.2, -0.15) is 0 Å². The average molecular weight is 440 g/mol. The van der Waals surface area contributed by atoms with E-state index in [9.17, 15) is 4.79 Å². The number of nitrogens with one attached hydrogen (secondary N) is 4. The third kappa shape index (κ3) is 3.02. The van der Waals surface area contributed by atoms with Crippen molar-refractivity contribution in [3.05, 3.63) is 82.6 Å². The molecule has 0 unspecified atom stereocenters. The van der Waals surface area contributed by atoms with Gasteiger partial charge in [0.05, 0.1) is 29.7 Å². The van der Waals surface area contributed by atoms with Crippen molar-refractivity contribution in [2.75, 3.05) is 0 Å². The molecule has 0 radical (unpaired) electrons. The summed E-state index contributed by atoms with van der Waals surface area (Å²) in [5.74, 6) is 1.13. The Morgan fingerprint density at radius 3 is 2.69 bits per heavy atom. The Morgan fingerprint density at radius 1 is 1.00 bits per heavy atom. The molecule has 1 amide bonds. The lowest BCUT2D eigenvalue weighted by Gasteiger charge is -2.16. The lowest BCUT2D eigenvalue weighted by atomic mass is 9.99. The Labute approximate surface area is 187 Å². The topological polar surface area (TPSA) is 115 Å². The highest BCUT2D eigenvalue weighted by Crippen LogP contribution is 2.47. The van der Waals surface area contributed by atoms with Gasteiger partial charge in [0.25, 0.3) is 0 Å². The molecule has 0 aliphatic heterocycles. The molecule has 0 spiro atoms. The molecule has 9 heteroatoms. The number of hydrogen-bond donors (Lipinski definition) is 4. The van der Waals surface area contributed by atoms with Gasteiger partial charge in [-0.05, 0) is 40.5 Å². The van der Waals surface area contributed by atoms with Crippen LogP contribution in [0, 0.1) is 4.77 Å². The van der Waals surface area contributed by atoms with Gasteiger partial charge in [0.1, 0.15) is 11.6 Å². The molecule has 3 heterocycles. The minimum absolute atomic E-state index is 0.109. The molecule has 8 nitrogen and oxygen atoms in total. The zero-order valence-corrected chi connectivity index (χ0v) is 17.5. The van der Waals surface area contributed by atoms with Crippen LogP contribution in [0.3, 0.4) is 0 Å². The van der Waals surface area contributed by atoms with Crippen LogP contribution in [0.2, 0.25) is 0 Å². The van der Waals surface area contributed by atoms with Crippen LogP contribution in [-0.2, 0) is 11.2 Å². The molecule has 4 N–H and O–H groups in total. The first-order valence-corrected chi connectivity index (χ1v) is 10.5. The van der Waals surface area contributed by atoms with Crippen LogP contribution in [0.1, 0.15) is 23.0 Å². The van der Waals surface area contributed by atoms with Crippen LogP contribution in [0.4, 0.5) is 0 Å². The SMILES string of the molecule is O=C(Cc1nc(=S)[nH][nH]1)N[C@@H]1c2ccccc2-c2c(-c3nc4ccncc4[nH]3)cccc21. The van der Waals surface area contributed by atoms with Crippen LogP contribution in [-0.4, -0.2) is 36.0 Å². The van der Waals surface area contributed by atoms with E-state index in [1.807, 2.05) is 24.3 Å². The maximum atomic E-state index is 12.8. The van der Waals surface area contributed by atoms with Crippen molar-refractivity contribution < 1.29 is 4.79 Å². The molecular formula is C23H17N7OS. The number of hydrogen-bond acceptors (Lipinski definition) is 5. The normalized spacial score (nSPS) is 14.3. The highest BCUT2D eigenvalue weighted by atomic mass is 32.1. The zero-order valence-electron chi connectivity index (χ0n) is 16.7. The van der Waals surface area contributed by atoms with Crippen LogP contribution in [0.25, 0.3) is 33.5 Å².